The van der Waals surface area contributed by atoms with Gasteiger partial charge < -0.3 is 25.8 Å². The van der Waals surface area contributed by atoms with Crippen molar-refractivity contribution in [2.75, 3.05) is 25.4 Å². The molecule has 10 nitrogen and oxygen atoms in total. The molecule has 0 aromatic heterocycles. The number of carbonyl (C=O) groups excluding carboxylic acids is 2. The van der Waals surface area contributed by atoms with Crippen molar-refractivity contribution in [1.82, 2.24) is 15.5 Å². The molecule has 4 N–H and O–H groups in total. The lowest BCUT2D eigenvalue weighted by Gasteiger charge is -2.28. The number of aryl methyl sites for hydroxylation is 1. The van der Waals surface area contributed by atoms with Crippen LogP contribution < -0.4 is 16.4 Å². The molecule has 0 spiro atoms. The number of benzene rings is 3. The lowest BCUT2D eigenvalue weighted by Crippen LogP contribution is -2.52. The van der Waals surface area contributed by atoms with E-state index in [1.54, 1.807) is 0 Å². The average Bonchev–Trinajstić information content (AvgIpc) is 3.56. The molecule has 0 radical (unpaired) electrons. The van der Waals surface area contributed by atoms with Crippen molar-refractivity contribution in [3.05, 3.63) is 107 Å². The van der Waals surface area contributed by atoms with E-state index in [0.29, 0.717) is 58.3 Å². The number of esters is 1. The zero-order valence-corrected chi connectivity index (χ0v) is 32.5. The molecule has 0 aliphatic carbocycles. The predicted molar refractivity (Wildman–Crippen MR) is 206 cm³/mol. The second-order valence-corrected chi connectivity index (χ2v) is 16.5. The summed E-state index contributed by atoms with van der Waals surface area (Å²) in [5.41, 5.74) is 10.1. The Bertz CT molecular complexity index is 1720. The van der Waals surface area contributed by atoms with Gasteiger partial charge in [-0.05, 0) is 66.5 Å². The minimum absolute atomic E-state index is 0.0403. The molecule has 1 heterocycles. The van der Waals surface area contributed by atoms with E-state index in [9.17, 15) is 26.8 Å². The summed E-state index contributed by atoms with van der Waals surface area (Å²) in [6.07, 6.45) is 0.994. The minimum atomic E-state index is -3.89. The number of nitrogens with zero attached hydrogens (tertiary/aromatic N) is 1. The lowest BCUT2D eigenvalue weighted by molar-refractivity contribution is -0.151. The van der Waals surface area contributed by atoms with Crippen LogP contribution in [0.1, 0.15) is 75.1 Å². The van der Waals surface area contributed by atoms with Gasteiger partial charge in [-0.2, -0.15) is 0 Å². The SMILES string of the molecule is CCCC(CCC)S(=O)(=O)CC(NC(=O)O[C@@H]1CCN(Cc2ccccc2)C1)C(=O)O[C@H](CNCc1cccc(CC)c1)[C@@H](N)Cc1cc(F)cc(F)c1. The molecule has 3 aromatic rings. The highest BCUT2D eigenvalue weighted by Crippen LogP contribution is 2.20. The van der Waals surface area contributed by atoms with Crippen LogP contribution in [-0.2, 0) is 50.0 Å². The summed E-state index contributed by atoms with van der Waals surface area (Å²) in [4.78, 5) is 29.5. The van der Waals surface area contributed by atoms with Crippen molar-refractivity contribution < 1.29 is 36.3 Å². The Morgan fingerprint density at radius 3 is 2.24 bits per heavy atom. The third-order valence-corrected chi connectivity index (χ3v) is 12.0. The van der Waals surface area contributed by atoms with Gasteiger partial charge in [0, 0.05) is 44.8 Å². The first-order chi connectivity index (χ1) is 25.9. The van der Waals surface area contributed by atoms with Crippen LogP contribution in [0.25, 0.3) is 0 Å². The lowest BCUT2D eigenvalue weighted by atomic mass is 10.0. The highest BCUT2D eigenvalue weighted by Gasteiger charge is 2.36. The number of hydrogen-bond acceptors (Lipinski definition) is 9. The topological polar surface area (TPSA) is 140 Å². The molecule has 1 amide bonds. The number of hydrogen-bond donors (Lipinski definition) is 3. The standard InChI is InChI=1S/C41H56F2N4O6S/c1-4-11-36(12-5-2)54(50,51)28-38(46-41(49)52-35-17-18-47(27-35)26-30-13-8-7-9-14-30)40(48)53-39(25-45-24-31-16-10-15-29(6-3)19-31)37(44)22-32-20-33(42)23-34(43)21-32/h7-10,13-16,19-21,23,35-39,45H,4-6,11-12,17-18,22,24-28,44H2,1-3H3,(H,46,49)/t35-,37+,38?,39-/m1/s1. The van der Waals surface area contributed by atoms with E-state index in [1.165, 1.54) is 0 Å². The average molecular weight is 771 g/mol. The van der Waals surface area contributed by atoms with Gasteiger partial charge in [0.1, 0.15) is 29.9 Å². The van der Waals surface area contributed by atoms with E-state index in [0.717, 1.165) is 41.3 Å². The fourth-order valence-corrected chi connectivity index (χ4v) is 9.00. The van der Waals surface area contributed by atoms with E-state index in [1.807, 2.05) is 68.4 Å². The summed E-state index contributed by atoms with van der Waals surface area (Å²) < 4.78 is 67.3. The van der Waals surface area contributed by atoms with Gasteiger partial charge in [-0.3, -0.25) is 4.90 Å². The number of likely N-dealkylation sites (tertiary alicyclic amines) is 1. The van der Waals surface area contributed by atoms with Crippen LogP contribution >= 0.6 is 0 Å². The molecule has 13 heteroatoms. The molecule has 1 saturated heterocycles. The second-order valence-electron chi connectivity index (χ2n) is 14.2. The fourth-order valence-electron chi connectivity index (χ4n) is 6.85. The van der Waals surface area contributed by atoms with Crippen LogP contribution in [-0.4, -0.2) is 80.3 Å². The fraction of sp³-hybridized carbons (Fsp3) is 0.512. The van der Waals surface area contributed by atoms with Gasteiger partial charge in [0.25, 0.3) is 0 Å². The molecule has 54 heavy (non-hydrogen) atoms. The first-order valence-corrected chi connectivity index (χ1v) is 20.7. The molecule has 0 bridgehead atoms. The summed E-state index contributed by atoms with van der Waals surface area (Å²) in [6, 6.07) is 18.4. The normalized spacial score (nSPS) is 16.5. The molecule has 1 unspecified atom stereocenters. The third kappa shape index (κ3) is 13.7. The summed E-state index contributed by atoms with van der Waals surface area (Å²) in [5, 5.41) is 5.06. The molecule has 296 valence electrons. The van der Waals surface area contributed by atoms with Crippen LogP contribution in [0, 0.1) is 11.6 Å². The highest BCUT2D eigenvalue weighted by molar-refractivity contribution is 7.92. The summed E-state index contributed by atoms with van der Waals surface area (Å²) >= 11 is 0. The number of rotatable bonds is 21. The Morgan fingerprint density at radius 1 is 0.907 bits per heavy atom. The highest BCUT2D eigenvalue weighted by atomic mass is 32.2. The predicted octanol–water partition coefficient (Wildman–Crippen LogP) is 5.85. The Balaban J connectivity index is 1.52. The minimum Gasteiger partial charge on any atom is -0.458 e. The molecule has 1 fully saturated rings. The van der Waals surface area contributed by atoms with Gasteiger partial charge in [0.15, 0.2) is 9.84 Å². The van der Waals surface area contributed by atoms with Crippen LogP contribution in [0.5, 0.6) is 0 Å². The van der Waals surface area contributed by atoms with E-state index in [4.69, 9.17) is 15.2 Å². The number of carbonyl (C=O) groups is 2. The van der Waals surface area contributed by atoms with Crippen molar-refractivity contribution in [3.8, 4) is 0 Å². The number of nitrogens with one attached hydrogen (secondary N) is 2. The molecular weight excluding hydrogens is 715 g/mol. The van der Waals surface area contributed by atoms with Crippen molar-refractivity contribution in [2.24, 2.45) is 5.73 Å². The van der Waals surface area contributed by atoms with Crippen molar-refractivity contribution >= 4 is 21.9 Å². The van der Waals surface area contributed by atoms with E-state index >= 15 is 0 Å². The van der Waals surface area contributed by atoms with E-state index < -0.39 is 68.8 Å². The monoisotopic (exact) mass is 770 g/mol. The third-order valence-electron chi connectivity index (χ3n) is 9.67. The number of ether oxygens (including phenoxy) is 2. The number of sulfone groups is 1. The zero-order valence-electron chi connectivity index (χ0n) is 31.6. The Kier molecular flexibility index (Phi) is 16.9. The first-order valence-electron chi connectivity index (χ1n) is 19.0. The largest absolute Gasteiger partial charge is 0.458 e. The maximum absolute atomic E-state index is 14.1. The van der Waals surface area contributed by atoms with E-state index in [-0.39, 0.29) is 18.5 Å². The molecule has 3 aromatic carbocycles. The van der Waals surface area contributed by atoms with Gasteiger partial charge in [-0.1, -0.05) is 88.2 Å². The van der Waals surface area contributed by atoms with Crippen LogP contribution in [0.2, 0.25) is 0 Å². The maximum Gasteiger partial charge on any atom is 0.408 e. The van der Waals surface area contributed by atoms with Crippen molar-refractivity contribution in [3.63, 3.8) is 0 Å². The number of halogens is 2. The van der Waals surface area contributed by atoms with Gasteiger partial charge in [0.05, 0.1) is 11.0 Å². The zero-order chi connectivity index (χ0) is 39.1. The van der Waals surface area contributed by atoms with Gasteiger partial charge in [-0.15, -0.1) is 0 Å². The van der Waals surface area contributed by atoms with Crippen molar-refractivity contribution in [2.45, 2.75) is 108 Å². The summed E-state index contributed by atoms with van der Waals surface area (Å²) in [5.74, 6) is -3.23. The summed E-state index contributed by atoms with van der Waals surface area (Å²) in [6.45, 7) is 8.16. The smallest absolute Gasteiger partial charge is 0.408 e. The van der Waals surface area contributed by atoms with Crippen molar-refractivity contribution in [1.29, 1.82) is 0 Å². The number of alkyl carbamates (subject to hydrolysis) is 1. The second kappa shape index (κ2) is 21.3. The molecule has 4 rings (SSSR count). The number of amides is 1. The molecule has 1 aliphatic heterocycles. The van der Waals surface area contributed by atoms with Gasteiger partial charge >= 0.3 is 12.1 Å². The Hall–Kier alpha value is -3.91. The van der Waals surface area contributed by atoms with Crippen LogP contribution in [0.15, 0.2) is 72.8 Å². The molecule has 4 atom stereocenters. The van der Waals surface area contributed by atoms with Crippen LogP contribution in [0.3, 0.4) is 0 Å². The quantitative estimate of drug-likeness (QED) is 0.114. The number of nitrogens with two attached hydrogens (primary N) is 1. The first kappa shape index (κ1) is 42.8. The molecule has 0 saturated carbocycles. The van der Waals surface area contributed by atoms with E-state index in [2.05, 4.69) is 22.5 Å². The maximum atomic E-state index is 14.1. The molecular formula is C41H56F2N4O6S. The van der Waals surface area contributed by atoms with Gasteiger partial charge in [0.2, 0.25) is 0 Å². The van der Waals surface area contributed by atoms with Gasteiger partial charge in [-0.25, -0.2) is 26.8 Å². The molecule has 1 aliphatic rings. The Labute approximate surface area is 319 Å². The summed E-state index contributed by atoms with van der Waals surface area (Å²) in [7, 11) is -3.89. The Morgan fingerprint density at radius 2 is 1.57 bits per heavy atom. The van der Waals surface area contributed by atoms with Crippen LogP contribution in [0.4, 0.5) is 13.6 Å².